The van der Waals surface area contributed by atoms with Gasteiger partial charge in [-0.05, 0) is 24.3 Å². The number of carboxylic acid groups (broad SMARTS) is 2. The van der Waals surface area contributed by atoms with Gasteiger partial charge in [-0.25, -0.2) is 14.6 Å². The molecule has 0 aliphatic rings. The van der Waals surface area contributed by atoms with Gasteiger partial charge in [-0.1, -0.05) is 6.07 Å². The number of ether oxygens (including phenoxy) is 2. The van der Waals surface area contributed by atoms with E-state index in [0.717, 1.165) is 28.4 Å². The number of imidazole rings is 1. The lowest BCUT2D eigenvalue weighted by molar-refractivity contribution is -0.159. The van der Waals surface area contributed by atoms with Crippen LogP contribution in [0.5, 0.6) is 11.5 Å². The van der Waals surface area contributed by atoms with Crippen molar-refractivity contribution in [3.63, 3.8) is 0 Å². The summed E-state index contributed by atoms with van der Waals surface area (Å²) >= 11 is 0. The quantitative estimate of drug-likeness (QED) is 0.701. The van der Waals surface area contributed by atoms with E-state index >= 15 is 0 Å². The highest BCUT2D eigenvalue weighted by molar-refractivity contribution is 6.27. The van der Waals surface area contributed by atoms with E-state index in [1.165, 1.54) is 0 Å². The summed E-state index contributed by atoms with van der Waals surface area (Å²) in [5.74, 6) is -1.28. The molecule has 130 valence electrons. The molecule has 2 aromatic heterocycles. The van der Waals surface area contributed by atoms with Crippen LogP contribution in [0.2, 0.25) is 0 Å². The molecule has 0 saturated carbocycles. The van der Waals surface area contributed by atoms with Gasteiger partial charge in [0, 0.05) is 17.8 Å². The molecule has 0 aliphatic heterocycles. The van der Waals surface area contributed by atoms with Gasteiger partial charge in [-0.15, -0.1) is 0 Å². The first-order chi connectivity index (χ1) is 12.0. The minimum Gasteiger partial charge on any atom is -0.497 e. The van der Waals surface area contributed by atoms with Crippen LogP contribution in [0.1, 0.15) is 0 Å². The summed E-state index contributed by atoms with van der Waals surface area (Å²) in [6.07, 6.45) is 3.84. The third-order valence-corrected chi connectivity index (χ3v) is 3.23. The number of fused-ring (bicyclic) bond motifs is 1. The number of aliphatic carboxylic acids is 2. The van der Waals surface area contributed by atoms with Crippen LogP contribution in [0.3, 0.4) is 0 Å². The number of hydrogen-bond acceptors (Lipinski definition) is 5. The number of carbonyl (C=O) groups is 2. The average molecular weight is 344 g/mol. The topological polar surface area (TPSA) is 110 Å². The van der Waals surface area contributed by atoms with Gasteiger partial charge in [0.2, 0.25) is 0 Å². The third kappa shape index (κ3) is 4.25. The molecule has 1 aromatic carbocycles. The van der Waals surface area contributed by atoms with Gasteiger partial charge in [0.25, 0.3) is 0 Å². The fourth-order valence-corrected chi connectivity index (χ4v) is 2.09. The highest BCUT2D eigenvalue weighted by Gasteiger charge is 2.09. The average Bonchev–Trinajstić information content (AvgIpc) is 3.05. The number of pyridine rings is 1. The molecule has 3 rings (SSSR count). The highest BCUT2D eigenvalue weighted by Crippen LogP contribution is 2.29. The molecule has 0 amide bonds. The van der Waals surface area contributed by atoms with Crippen molar-refractivity contribution in [2.75, 3.05) is 14.2 Å². The molecule has 2 N–H and O–H groups in total. The van der Waals surface area contributed by atoms with E-state index in [9.17, 15) is 0 Å². The highest BCUT2D eigenvalue weighted by atomic mass is 16.5. The summed E-state index contributed by atoms with van der Waals surface area (Å²) < 4.78 is 12.6. The van der Waals surface area contributed by atoms with E-state index in [4.69, 9.17) is 29.3 Å². The fourth-order valence-electron chi connectivity index (χ4n) is 2.09. The minimum absolute atomic E-state index is 0.752. The molecule has 0 saturated heterocycles. The zero-order chi connectivity index (χ0) is 18.4. The predicted molar refractivity (Wildman–Crippen MR) is 89.0 cm³/mol. The van der Waals surface area contributed by atoms with E-state index in [2.05, 4.69) is 4.98 Å². The van der Waals surface area contributed by atoms with Crippen LogP contribution in [0, 0.1) is 0 Å². The molecule has 0 atom stereocenters. The second kappa shape index (κ2) is 7.82. The fraction of sp³-hybridized carbons (Fsp3) is 0.118. The Morgan fingerprint density at radius 1 is 1.00 bits per heavy atom. The Morgan fingerprint density at radius 3 is 2.12 bits per heavy atom. The van der Waals surface area contributed by atoms with Gasteiger partial charge in [-0.3, -0.25) is 4.40 Å². The molecular weight excluding hydrogens is 328 g/mol. The summed E-state index contributed by atoms with van der Waals surface area (Å²) in [6, 6.07) is 11.7. The van der Waals surface area contributed by atoms with E-state index in [1.54, 1.807) is 14.2 Å². The van der Waals surface area contributed by atoms with Crippen molar-refractivity contribution in [2.24, 2.45) is 0 Å². The van der Waals surface area contributed by atoms with Gasteiger partial charge >= 0.3 is 11.9 Å². The smallest absolute Gasteiger partial charge is 0.414 e. The van der Waals surface area contributed by atoms with Crippen LogP contribution in [0.15, 0.2) is 48.8 Å². The van der Waals surface area contributed by atoms with Gasteiger partial charge < -0.3 is 19.7 Å². The largest absolute Gasteiger partial charge is 0.497 e. The summed E-state index contributed by atoms with van der Waals surface area (Å²) in [7, 11) is 3.28. The lowest BCUT2D eigenvalue weighted by Gasteiger charge is -2.08. The first kappa shape index (κ1) is 17.8. The number of methoxy groups -OCH3 is 2. The maximum absolute atomic E-state index is 9.10. The molecule has 0 aliphatic carbocycles. The molecule has 3 aromatic rings. The molecule has 8 nitrogen and oxygen atoms in total. The Hall–Kier alpha value is -3.55. The standard InChI is InChI=1S/C15H14N2O2.C2H2O4/c1-18-13-7-11(8-14(9-13)19-2)15-16-10-12-5-3-4-6-17(12)15;3-1(4)2(5)6/h3-10H,1-2H3;(H,3,4)(H,5,6). The van der Waals surface area contributed by atoms with Crippen molar-refractivity contribution in [1.29, 1.82) is 0 Å². The van der Waals surface area contributed by atoms with Gasteiger partial charge in [0.15, 0.2) is 0 Å². The third-order valence-electron chi connectivity index (χ3n) is 3.23. The first-order valence-electron chi connectivity index (χ1n) is 7.08. The molecule has 2 heterocycles. The Bertz CT molecular complexity index is 869. The van der Waals surface area contributed by atoms with E-state index in [0.29, 0.717) is 0 Å². The van der Waals surface area contributed by atoms with Gasteiger partial charge in [0.1, 0.15) is 17.3 Å². The van der Waals surface area contributed by atoms with Crippen LogP contribution >= 0.6 is 0 Å². The number of nitrogens with zero attached hydrogens (tertiary/aromatic N) is 2. The molecule has 0 spiro atoms. The van der Waals surface area contributed by atoms with Crippen LogP contribution in [-0.4, -0.2) is 45.8 Å². The van der Waals surface area contributed by atoms with Crippen LogP contribution in [0.25, 0.3) is 16.9 Å². The van der Waals surface area contributed by atoms with Crippen molar-refractivity contribution in [3.8, 4) is 22.9 Å². The lowest BCUT2D eigenvalue weighted by atomic mass is 10.2. The number of benzene rings is 1. The monoisotopic (exact) mass is 344 g/mol. The zero-order valence-corrected chi connectivity index (χ0v) is 13.5. The SMILES string of the molecule is COc1cc(OC)cc(-c2ncc3ccccn23)c1.O=C(O)C(=O)O. The van der Waals surface area contributed by atoms with Crippen molar-refractivity contribution < 1.29 is 29.3 Å². The Balaban J connectivity index is 0.000000326. The van der Waals surface area contributed by atoms with Crippen LogP contribution < -0.4 is 9.47 Å². The van der Waals surface area contributed by atoms with Crippen LogP contribution in [-0.2, 0) is 9.59 Å². The van der Waals surface area contributed by atoms with Crippen molar-refractivity contribution in [2.45, 2.75) is 0 Å². The second-order valence-corrected chi connectivity index (χ2v) is 4.79. The number of carboxylic acids is 2. The summed E-state index contributed by atoms with van der Waals surface area (Å²) in [4.78, 5) is 22.7. The number of rotatable bonds is 3. The Morgan fingerprint density at radius 2 is 1.60 bits per heavy atom. The van der Waals surface area contributed by atoms with Gasteiger partial charge in [0.05, 0.1) is 25.9 Å². The molecule has 0 bridgehead atoms. The molecule has 8 heteroatoms. The number of aromatic nitrogens is 2. The minimum atomic E-state index is -1.82. The summed E-state index contributed by atoms with van der Waals surface area (Å²) in [5.41, 5.74) is 2.02. The molecule has 0 unspecified atom stereocenters. The van der Waals surface area contributed by atoms with Crippen molar-refractivity contribution in [3.05, 3.63) is 48.8 Å². The maximum atomic E-state index is 9.10. The van der Waals surface area contributed by atoms with E-state index in [1.807, 2.05) is 53.2 Å². The van der Waals surface area contributed by atoms with E-state index < -0.39 is 11.9 Å². The molecular formula is C17H16N2O6. The molecule has 0 fully saturated rings. The second-order valence-electron chi connectivity index (χ2n) is 4.79. The molecule has 0 radical (unpaired) electrons. The zero-order valence-electron chi connectivity index (χ0n) is 13.5. The summed E-state index contributed by atoms with van der Waals surface area (Å²) in [5, 5.41) is 14.8. The summed E-state index contributed by atoms with van der Waals surface area (Å²) in [6.45, 7) is 0. The van der Waals surface area contributed by atoms with Crippen LogP contribution in [0.4, 0.5) is 0 Å². The Labute approximate surface area is 142 Å². The lowest BCUT2D eigenvalue weighted by Crippen LogP contribution is -2.09. The van der Waals surface area contributed by atoms with Gasteiger partial charge in [-0.2, -0.15) is 0 Å². The first-order valence-corrected chi connectivity index (χ1v) is 7.08. The van der Waals surface area contributed by atoms with E-state index in [-0.39, 0.29) is 0 Å². The normalized spacial score (nSPS) is 9.84. The maximum Gasteiger partial charge on any atom is 0.414 e. The number of hydrogen-bond donors (Lipinski definition) is 2. The molecule has 25 heavy (non-hydrogen) atoms. The Kier molecular flexibility index (Phi) is 5.57. The predicted octanol–water partition coefficient (Wildman–Crippen LogP) is 2.17. The van der Waals surface area contributed by atoms with Crippen molar-refractivity contribution in [1.82, 2.24) is 9.38 Å². The van der Waals surface area contributed by atoms with Crippen molar-refractivity contribution >= 4 is 17.5 Å².